The van der Waals surface area contributed by atoms with E-state index in [0.29, 0.717) is 29.9 Å². The van der Waals surface area contributed by atoms with E-state index in [1.54, 1.807) is 26.4 Å². The van der Waals surface area contributed by atoms with Gasteiger partial charge in [0.15, 0.2) is 5.82 Å². The minimum Gasteiger partial charge on any atom is -0.396 e. The summed E-state index contributed by atoms with van der Waals surface area (Å²) in [5.74, 6) is 0.704. The molecule has 0 aliphatic heterocycles. The highest BCUT2D eigenvalue weighted by Gasteiger charge is 2.11. The van der Waals surface area contributed by atoms with Gasteiger partial charge in [0.05, 0.1) is 12.3 Å². The van der Waals surface area contributed by atoms with Gasteiger partial charge in [-0.25, -0.2) is 4.98 Å². The van der Waals surface area contributed by atoms with Crippen LogP contribution in [0, 0.1) is 0 Å². The second-order valence-electron chi connectivity index (χ2n) is 3.87. The summed E-state index contributed by atoms with van der Waals surface area (Å²) < 4.78 is 10.1. The maximum absolute atomic E-state index is 5.93. The van der Waals surface area contributed by atoms with E-state index in [-0.39, 0.29) is 0 Å². The molecule has 0 aliphatic rings. The number of pyridine rings is 1. The third-order valence-electron chi connectivity index (χ3n) is 2.51. The molecule has 0 atom stereocenters. The van der Waals surface area contributed by atoms with Crippen LogP contribution in [0.4, 0.5) is 11.5 Å². The zero-order chi connectivity index (χ0) is 13.4. The summed E-state index contributed by atoms with van der Waals surface area (Å²) in [4.78, 5) is 6.33. The first-order valence-corrected chi connectivity index (χ1v) is 6.21. The van der Waals surface area contributed by atoms with Crippen molar-refractivity contribution in [2.24, 2.45) is 0 Å². The van der Waals surface area contributed by atoms with Gasteiger partial charge in [-0.05, 0) is 18.6 Å². The van der Waals surface area contributed by atoms with Crippen LogP contribution in [0.1, 0.15) is 6.42 Å². The lowest BCUT2D eigenvalue weighted by Crippen LogP contribution is -2.30. The van der Waals surface area contributed by atoms with E-state index in [9.17, 15) is 0 Å². The van der Waals surface area contributed by atoms with Crippen molar-refractivity contribution in [3.63, 3.8) is 0 Å². The molecule has 0 saturated heterocycles. The summed E-state index contributed by atoms with van der Waals surface area (Å²) in [6, 6.07) is 3.45. The fourth-order valence-electron chi connectivity index (χ4n) is 1.61. The molecule has 0 unspecified atom stereocenters. The molecule has 2 N–H and O–H groups in total. The Morgan fingerprint density at radius 2 is 1.94 bits per heavy atom. The van der Waals surface area contributed by atoms with Gasteiger partial charge in [0, 0.05) is 33.9 Å². The summed E-state index contributed by atoms with van der Waals surface area (Å²) >= 11 is 5.91. The molecule has 0 saturated carbocycles. The Bertz CT molecular complexity index is 363. The molecule has 0 spiro atoms. The number of nitrogens with two attached hydrogens (primary N) is 1. The zero-order valence-electron chi connectivity index (χ0n) is 10.9. The van der Waals surface area contributed by atoms with Crippen molar-refractivity contribution in [2.45, 2.75) is 6.42 Å². The number of hydrogen-bond donors (Lipinski definition) is 1. The first-order chi connectivity index (χ1) is 8.69. The molecular weight excluding hydrogens is 254 g/mol. The maximum Gasteiger partial charge on any atom is 0.153 e. The summed E-state index contributed by atoms with van der Waals surface area (Å²) in [5.41, 5.74) is 6.55. The van der Waals surface area contributed by atoms with Crippen LogP contribution in [-0.2, 0) is 9.47 Å². The van der Waals surface area contributed by atoms with Gasteiger partial charge < -0.3 is 20.1 Å². The highest BCUT2D eigenvalue weighted by atomic mass is 35.5. The molecule has 1 rings (SSSR count). The van der Waals surface area contributed by atoms with Gasteiger partial charge in [0.1, 0.15) is 5.15 Å². The average Bonchev–Trinajstić information content (AvgIpc) is 2.37. The van der Waals surface area contributed by atoms with E-state index in [0.717, 1.165) is 19.5 Å². The molecule has 18 heavy (non-hydrogen) atoms. The Morgan fingerprint density at radius 3 is 2.61 bits per heavy atom. The number of nitrogen functional groups attached to an aromatic ring is 1. The van der Waals surface area contributed by atoms with Crippen LogP contribution in [0.25, 0.3) is 0 Å². The normalized spacial score (nSPS) is 10.6. The van der Waals surface area contributed by atoms with Crippen molar-refractivity contribution >= 4 is 23.1 Å². The quantitative estimate of drug-likeness (QED) is 0.578. The van der Waals surface area contributed by atoms with E-state index in [2.05, 4.69) is 9.88 Å². The number of hydrogen-bond acceptors (Lipinski definition) is 5. The number of rotatable bonds is 8. The summed E-state index contributed by atoms with van der Waals surface area (Å²) in [6.45, 7) is 2.83. The lowest BCUT2D eigenvalue weighted by molar-refractivity contribution is 0.191. The molecule has 0 aromatic carbocycles. The molecular formula is C12H20ClN3O2. The summed E-state index contributed by atoms with van der Waals surface area (Å²) in [6.07, 6.45) is 0.897. The first kappa shape index (κ1) is 15.0. The minimum absolute atomic E-state index is 0.438. The third kappa shape index (κ3) is 4.68. The zero-order valence-corrected chi connectivity index (χ0v) is 11.6. The van der Waals surface area contributed by atoms with Gasteiger partial charge in [-0.3, -0.25) is 0 Å². The SMILES string of the molecule is COCCCN(CCOC)c1nc(Cl)ccc1N. The standard InChI is InChI=1S/C12H20ClN3O2/c1-17-8-3-6-16(7-9-18-2)12-10(14)4-5-11(13)15-12/h4-5H,3,6-9,14H2,1-2H3. The summed E-state index contributed by atoms with van der Waals surface area (Å²) in [7, 11) is 3.35. The molecule has 102 valence electrons. The van der Waals surface area contributed by atoms with Crippen LogP contribution in [0.2, 0.25) is 5.15 Å². The smallest absolute Gasteiger partial charge is 0.153 e. The largest absolute Gasteiger partial charge is 0.396 e. The molecule has 5 nitrogen and oxygen atoms in total. The molecule has 6 heteroatoms. The van der Waals surface area contributed by atoms with Crippen molar-refractivity contribution in [1.29, 1.82) is 0 Å². The fraction of sp³-hybridized carbons (Fsp3) is 0.583. The molecule has 1 aromatic heterocycles. The van der Waals surface area contributed by atoms with E-state index >= 15 is 0 Å². The Kier molecular flexibility index (Phi) is 6.78. The van der Waals surface area contributed by atoms with Gasteiger partial charge in [0.2, 0.25) is 0 Å². The second kappa shape index (κ2) is 8.13. The second-order valence-corrected chi connectivity index (χ2v) is 4.26. The molecule has 1 heterocycles. The predicted octanol–water partition coefficient (Wildman–Crippen LogP) is 1.81. The van der Waals surface area contributed by atoms with Crippen LogP contribution >= 0.6 is 11.6 Å². The maximum atomic E-state index is 5.93. The molecule has 0 radical (unpaired) electrons. The number of halogens is 1. The lowest BCUT2D eigenvalue weighted by Gasteiger charge is -2.24. The van der Waals surface area contributed by atoms with Gasteiger partial charge in [-0.2, -0.15) is 0 Å². The first-order valence-electron chi connectivity index (χ1n) is 5.84. The molecule has 0 aliphatic carbocycles. The van der Waals surface area contributed by atoms with Gasteiger partial charge >= 0.3 is 0 Å². The van der Waals surface area contributed by atoms with E-state index in [1.165, 1.54) is 0 Å². The Labute approximate surface area is 113 Å². The Morgan fingerprint density at radius 1 is 1.22 bits per heavy atom. The lowest BCUT2D eigenvalue weighted by atomic mass is 10.3. The van der Waals surface area contributed by atoms with Crippen LogP contribution in [0.3, 0.4) is 0 Å². The number of methoxy groups -OCH3 is 2. The Hall–Kier alpha value is -1.04. The van der Waals surface area contributed by atoms with Crippen molar-refractivity contribution in [3.8, 4) is 0 Å². The highest BCUT2D eigenvalue weighted by molar-refractivity contribution is 6.29. The van der Waals surface area contributed by atoms with Crippen LogP contribution in [-0.4, -0.2) is 45.5 Å². The average molecular weight is 274 g/mol. The van der Waals surface area contributed by atoms with E-state index in [1.807, 2.05) is 0 Å². The van der Waals surface area contributed by atoms with E-state index < -0.39 is 0 Å². The third-order valence-corrected chi connectivity index (χ3v) is 2.72. The predicted molar refractivity (Wildman–Crippen MR) is 74.2 cm³/mol. The van der Waals surface area contributed by atoms with Gasteiger partial charge in [-0.1, -0.05) is 11.6 Å². The van der Waals surface area contributed by atoms with Gasteiger partial charge in [-0.15, -0.1) is 0 Å². The highest BCUT2D eigenvalue weighted by Crippen LogP contribution is 2.22. The minimum atomic E-state index is 0.438. The summed E-state index contributed by atoms with van der Waals surface area (Å²) in [5, 5.41) is 0.438. The van der Waals surface area contributed by atoms with Crippen molar-refractivity contribution in [1.82, 2.24) is 4.98 Å². The number of anilines is 2. The molecule has 0 amide bonds. The van der Waals surface area contributed by atoms with Crippen molar-refractivity contribution in [2.75, 3.05) is 51.2 Å². The number of nitrogens with zero attached hydrogens (tertiary/aromatic N) is 2. The topological polar surface area (TPSA) is 60.6 Å². The molecule has 0 fully saturated rings. The van der Waals surface area contributed by atoms with Gasteiger partial charge in [0.25, 0.3) is 0 Å². The number of aromatic nitrogens is 1. The Balaban J connectivity index is 2.75. The van der Waals surface area contributed by atoms with Crippen molar-refractivity contribution < 1.29 is 9.47 Å². The van der Waals surface area contributed by atoms with Crippen LogP contribution in [0.5, 0.6) is 0 Å². The molecule has 1 aromatic rings. The van der Waals surface area contributed by atoms with Crippen LogP contribution < -0.4 is 10.6 Å². The monoisotopic (exact) mass is 273 g/mol. The van der Waals surface area contributed by atoms with Crippen molar-refractivity contribution in [3.05, 3.63) is 17.3 Å². The molecule has 0 bridgehead atoms. The fourth-order valence-corrected chi connectivity index (χ4v) is 1.76. The number of ether oxygens (including phenoxy) is 2. The van der Waals surface area contributed by atoms with Crippen LogP contribution in [0.15, 0.2) is 12.1 Å². The van der Waals surface area contributed by atoms with E-state index in [4.69, 9.17) is 26.8 Å².